The summed E-state index contributed by atoms with van der Waals surface area (Å²) in [6.45, 7) is 5.78. The van der Waals surface area contributed by atoms with Crippen molar-refractivity contribution in [3.05, 3.63) is 59.2 Å². The number of carbonyl (C=O) groups is 2. The van der Waals surface area contributed by atoms with E-state index in [-0.39, 0.29) is 16.9 Å². The Morgan fingerprint density at radius 1 is 1.16 bits per heavy atom. The van der Waals surface area contributed by atoms with Crippen LogP contribution in [0.15, 0.2) is 47.4 Å². The maximum atomic E-state index is 12.6. The molecular weight excluding hydrogens is 420 g/mol. The number of hydrogen-bond acceptors (Lipinski definition) is 6. The van der Waals surface area contributed by atoms with Crippen LogP contribution in [0.5, 0.6) is 5.75 Å². The van der Waals surface area contributed by atoms with Crippen molar-refractivity contribution in [2.45, 2.75) is 50.2 Å². The van der Waals surface area contributed by atoms with E-state index in [0.717, 1.165) is 11.1 Å². The van der Waals surface area contributed by atoms with Crippen LogP contribution >= 0.6 is 0 Å². The number of sulfonamides is 1. The van der Waals surface area contributed by atoms with Crippen LogP contribution in [0, 0.1) is 0 Å². The lowest BCUT2D eigenvalue weighted by atomic mass is 9.97. The molecule has 1 amide bonds. The normalized spacial score (nSPS) is 18.6. The molecule has 0 saturated heterocycles. The molecule has 1 aliphatic rings. The highest BCUT2D eigenvalue weighted by atomic mass is 32.2. The van der Waals surface area contributed by atoms with Gasteiger partial charge in [-0.1, -0.05) is 31.2 Å². The third-order valence-electron chi connectivity index (χ3n) is 5.38. The van der Waals surface area contributed by atoms with Gasteiger partial charge in [-0.2, -0.15) is 0 Å². The second kappa shape index (κ2) is 9.07. The number of hydrogen-bond donors (Lipinski definition) is 2. The first-order valence-corrected chi connectivity index (χ1v) is 11.5. The van der Waals surface area contributed by atoms with Crippen LogP contribution in [0.4, 0.5) is 0 Å². The van der Waals surface area contributed by atoms with Crippen molar-refractivity contribution in [1.82, 2.24) is 5.32 Å². The van der Waals surface area contributed by atoms with Gasteiger partial charge < -0.3 is 14.8 Å². The van der Waals surface area contributed by atoms with Crippen LogP contribution in [0.25, 0.3) is 0 Å². The molecule has 0 saturated carbocycles. The molecule has 2 aromatic carbocycles. The monoisotopic (exact) mass is 446 g/mol. The van der Waals surface area contributed by atoms with Gasteiger partial charge in [-0.25, -0.2) is 18.4 Å². The molecule has 0 aromatic heterocycles. The highest BCUT2D eigenvalue weighted by molar-refractivity contribution is 7.89. The molecule has 2 aromatic rings. The fourth-order valence-electron chi connectivity index (χ4n) is 3.34. The fourth-order valence-corrected chi connectivity index (χ4v) is 3.86. The summed E-state index contributed by atoms with van der Waals surface area (Å²) in [4.78, 5) is 24.9. The Bertz CT molecular complexity index is 1080. The van der Waals surface area contributed by atoms with Crippen LogP contribution < -0.4 is 15.2 Å². The zero-order valence-corrected chi connectivity index (χ0v) is 18.4. The predicted octanol–water partition coefficient (Wildman–Crippen LogP) is 2.12. The summed E-state index contributed by atoms with van der Waals surface area (Å²) in [5.74, 6) is -0.352. The van der Waals surface area contributed by atoms with Gasteiger partial charge in [0.15, 0.2) is 6.10 Å². The van der Waals surface area contributed by atoms with E-state index in [0.29, 0.717) is 24.3 Å². The van der Waals surface area contributed by atoms with E-state index in [1.54, 1.807) is 24.3 Å². The number of benzene rings is 2. The lowest BCUT2D eigenvalue weighted by Gasteiger charge is -2.15. The predicted molar refractivity (Wildman–Crippen MR) is 114 cm³/mol. The summed E-state index contributed by atoms with van der Waals surface area (Å²) in [6, 6.07) is 11.4. The second-order valence-electron chi connectivity index (χ2n) is 7.61. The molecule has 31 heavy (non-hydrogen) atoms. The van der Waals surface area contributed by atoms with E-state index >= 15 is 0 Å². The molecule has 1 aliphatic heterocycles. The number of amides is 1. The number of fused-ring (bicyclic) bond motifs is 1. The molecule has 0 unspecified atom stereocenters. The Hall–Kier alpha value is -2.91. The zero-order chi connectivity index (χ0) is 22.8. The van der Waals surface area contributed by atoms with Crippen molar-refractivity contribution in [1.29, 1.82) is 0 Å². The maximum absolute atomic E-state index is 12.6. The summed E-state index contributed by atoms with van der Waals surface area (Å²) in [5.41, 5.74) is 2.09. The minimum Gasteiger partial charge on any atom is -0.489 e. The Kier molecular flexibility index (Phi) is 6.66. The number of nitrogens with one attached hydrogen (secondary N) is 1. The Labute approximate surface area is 181 Å². The Balaban J connectivity index is 1.53. The highest BCUT2D eigenvalue weighted by Crippen LogP contribution is 2.40. The second-order valence-corrected chi connectivity index (χ2v) is 9.17. The Morgan fingerprint density at radius 3 is 2.48 bits per heavy atom. The average molecular weight is 447 g/mol. The van der Waals surface area contributed by atoms with Crippen molar-refractivity contribution in [2.24, 2.45) is 5.14 Å². The van der Waals surface area contributed by atoms with Crippen LogP contribution in [-0.2, 0) is 26.0 Å². The van der Waals surface area contributed by atoms with Crippen LogP contribution in [0.1, 0.15) is 48.2 Å². The lowest BCUT2D eigenvalue weighted by molar-refractivity contribution is -0.129. The SMILES string of the molecule is C[C@H](OC(=O)c1cccc2c1O[C@H](C)[C@@H]2C)C(=O)NCCc1ccc(S(N)(=O)=O)cc1. The molecule has 0 bridgehead atoms. The largest absolute Gasteiger partial charge is 0.489 e. The minimum atomic E-state index is -3.74. The average Bonchev–Trinajstić information content (AvgIpc) is 3.01. The number of rotatable bonds is 7. The summed E-state index contributed by atoms with van der Waals surface area (Å²) < 4.78 is 33.7. The summed E-state index contributed by atoms with van der Waals surface area (Å²) >= 11 is 0. The molecule has 8 nitrogen and oxygen atoms in total. The first-order valence-electron chi connectivity index (χ1n) is 9.98. The maximum Gasteiger partial charge on any atom is 0.342 e. The first-order chi connectivity index (χ1) is 14.6. The van der Waals surface area contributed by atoms with E-state index < -0.39 is 28.0 Å². The molecule has 0 fully saturated rings. The Morgan fingerprint density at radius 2 is 1.84 bits per heavy atom. The molecule has 3 N–H and O–H groups in total. The number of primary sulfonamides is 1. The molecule has 3 atom stereocenters. The van der Waals surface area contributed by atoms with E-state index in [1.165, 1.54) is 19.1 Å². The molecule has 0 radical (unpaired) electrons. The molecule has 166 valence electrons. The summed E-state index contributed by atoms with van der Waals surface area (Å²) in [5, 5.41) is 7.78. The van der Waals surface area contributed by atoms with Gasteiger partial charge in [-0.05, 0) is 44.0 Å². The molecule has 9 heteroatoms. The summed E-state index contributed by atoms with van der Waals surface area (Å²) in [6.07, 6.45) is -0.541. The van der Waals surface area contributed by atoms with E-state index in [9.17, 15) is 18.0 Å². The number of para-hydroxylation sites is 1. The quantitative estimate of drug-likeness (QED) is 0.628. The van der Waals surface area contributed by atoms with E-state index in [2.05, 4.69) is 5.32 Å². The van der Waals surface area contributed by atoms with Crippen molar-refractivity contribution < 1.29 is 27.5 Å². The van der Waals surface area contributed by atoms with Crippen LogP contribution in [0.3, 0.4) is 0 Å². The van der Waals surface area contributed by atoms with Crippen molar-refractivity contribution in [3.63, 3.8) is 0 Å². The van der Waals surface area contributed by atoms with Gasteiger partial charge >= 0.3 is 5.97 Å². The number of ether oxygens (including phenoxy) is 2. The van der Waals surface area contributed by atoms with Gasteiger partial charge in [0.05, 0.1) is 4.90 Å². The highest BCUT2D eigenvalue weighted by Gasteiger charge is 2.32. The fraction of sp³-hybridized carbons (Fsp3) is 0.364. The molecule has 3 rings (SSSR count). The van der Waals surface area contributed by atoms with Crippen LogP contribution in [0.2, 0.25) is 0 Å². The molecule has 0 aliphatic carbocycles. The van der Waals surface area contributed by atoms with Crippen LogP contribution in [-0.4, -0.2) is 39.0 Å². The summed E-state index contributed by atoms with van der Waals surface area (Å²) in [7, 11) is -3.74. The first kappa shape index (κ1) is 22.8. The number of nitrogens with two attached hydrogens (primary N) is 1. The third kappa shape index (κ3) is 5.23. The van der Waals surface area contributed by atoms with Gasteiger partial charge in [0.2, 0.25) is 10.0 Å². The van der Waals surface area contributed by atoms with Gasteiger partial charge in [0, 0.05) is 18.0 Å². The number of esters is 1. The molecule has 0 spiro atoms. The smallest absolute Gasteiger partial charge is 0.342 e. The van der Waals surface area contributed by atoms with Gasteiger partial charge in [-0.3, -0.25) is 4.79 Å². The van der Waals surface area contributed by atoms with E-state index in [1.807, 2.05) is 19.9 Å². The van der Waals surface area contributed by atoms with Gasteiger partial charge in [-0.15, -0.1) is 0 Å². The topological polar surface area (TPSA) is 125 Å². The van der Waals surface area contributed by atoms with Crippen molar-refractivity contribution in [2.75, 3.05) is 6.54 Å². The third-order valence-corrected chi connectivity index (χ3v) is 6.31. The lowest BCUT2D eigenvalue weighted by Crippen LogP contribution is -2.37. The molecular formula is C22H26N2O6S. The van der Waals surface area contributed by atoms with Gasteiger partial charge in [0.25, 0.3) is 5.91 Å². The number of carbonyl (C=O) groups excluding carboxylic acids is 2. The van der Waals surface area contributed by atoms with Gasteiger partial charge in [0.1, 0.15) is 17.4 Å². The zero-order valence-electron chi connectivity index (χ0n) is 17.6. The standard InChI is InChI=1S/C22H26N2O6S/c1-13-14(2)29-20-18(13)5-4-6-19(20)22(26)30-15(3)21(25)24-12-11-16-7-9-17(10-8-16)31(23,27)28/h4-10,13-15H,11-12H2,1-3H3,(H,24,25)(H2,23,27,28)/t13-,14+,15-/m0/s1. The minimum absolute atomic E-state index is 0.0287. The van der Waals surface area contributed by atoms with Crippen molar-refractivity contribution >= 4 is 21.9 Å². The van der Waals surface area contributed by atoms with Crippen molar-refractivity contribution in [3.8, 4) is 5.75 Å². The molecule has 1 heterocycles. The van der Waals surface area contributed by atoms with E-state index in [4.69, 9.17) is 14.6 Å².